The monoisotopic (exact) mass is 247 g/mol. The van der Waals surface area contributed by atoms with Crippen LogP contribution in [0.25, 0.3) is 0 Å². The zero-order valence-corrected chi connectivity index (χ0v) is 10.9. The maximum Gasteiger partial charge on any atom is 0.248 e. The average Bonchev–Trinajstić information content (AvgIpc) is 2.38. The summed E-state index contributed by atoms with van der Waals surface area (Å²) in [7, 11) is 2.15. The second-order valence-corrected chi connectivity index (χ2v) is 4.92. The van der Waals surface area contributed by atoms with Crippen molar-refractivity contribution in [1.82, 2.24) is 9.80 Å². The lowest BCUT2D eigenvalue weighted by Crippen LogP contribution is -2.45. The third-order valence-corrected chi connectivity index (χ3v) is 3.58. The summed E-state index contributed by atoms with van der Waals surface area (Å²) in [6.07, 6.45) is 0.892. The summed E-state index contributed by atoms with van der Waals surface area (Å²) < 4.78 is 0. The minimum atomic E-state index is -0.330. The fourth-order valence-corrected chi connectivity index (χ4v) is 2.33. The molecule has 1 aliphatic heterocycles. The highest BCUT2D eigenvalue weighted by Crippen LogP contribution is 2.10. The van der Waals surface area contributed by atoms with E-state index in [0.29, 0.717) is 5.56 Å². The lowest BCUT2D eigenvalue weighted by Gasteiger charge is -2.32. The molecule has 0 aromatic heterocycles. The SMILES string of the molecule is CN1CCN(CCc2ccccc2C(N)=O)CC1. The number of benzene rings is 1. The van der Waals surface area contributed by atoms with E-state index in [1.807, 2.05) is 24.3 Å². The van der Waals surface area contributed by atoms with Gasteiger partial charge in [0.15, 0.2) is 0 Å². The molecule has 0 aliphatic carbocycles. The first-order valence-electron chi connectivity index (χ1n) is 6.45. The number of likely N-dealkylation sites (N-methyl/N-ethyl adjacent to an activating group) is 1. The molecule has 18 heavy (non-hydrogen) atoms. The Morgan fingerprint density at radius 1 is 1.22 bits per heavy atom. The molecule has 0 radical (unpaired) electrons. The summed E-state index contributed by atoms with van der Waals surface area (Å²) >= 11 is 0. The highest BCUT2D eigenvalue weighted by molar-refractivity contribution is 5.94. The van der Waals surface area contributed by atoms with Crippen LogP contribution in [0.3, 0.4) is 0 Å². The number of nitrogens with zero attached hydrogens (tertiary/aromatic N) is 2. The van der Waals surface area contributed by atoms with Crippen LogP contribution < -0.4 is 5.73 Å². The van der Waals surface area contributed by atoms with Crippen molar-refractivity contribution in [2.75, 3.05) is 39.8 Å². The van der Waals surface area contributed by atoms with Crippen molar-refractivity contribution in [1.29, 1.82) is 0 Å². The molecule has 2 N–H and O–H groups in total. The van der Waals surface area contributed by atoms with Crippen LogP contribution in [0.4, 0.5) is 0 Å². The molecule has 1 aromatic carbocycles. The summed E-state index contributed by atoms with van der Waals surface area (Å²) in [6.45, 7) is 5.46. The van der Waals surface area contributed by atoms with E-state index in [1.54, 1.807) is 0 Å². The van der Waals surface area contributed by atoms with Crippen LogP contribution in [0.15, 0.2) is 24.3 Å². The van der Waals surface area contributed by atoms with Gasteiger partial charge in [-0.15, -0.1) is 0 Å². The van der Waals surface area contributed by atoms with Crippen LogP contribution >= 0.6 is 0 Å². The molecule has 0 saturated carbocycles. The van der Waals surface area contributed by atoms with E-state index >= 15 is 0 Å². The molecule has 4 heteroatoms. The summed E-state index contributed by atoms with van der Waals surface area (Å²) in [5, 5.41) is 0. The predicted octanol–water partition coefficient (Wildman–Crippen LogP) is 0.575. The molecular weight excluding hydrogens is 226 g/mol. The molecule has 98 valence electrons. The maximum atomic E-state index is 11.3. The Bertz CT molecular complexity index is 411. The molecule has 1 saturated heterocycles. The zero-order chi connectivity index (χ0) is 13.0. The number of piperazine rings is 1. The lowest BCUT2D eigenvalue weighted by molar-refractivity contribution is 0.0999. The van der Waals surface area contributed by atoms with Crippen molar-refractivity contribution in [2.24, 2.45) is 5.73 Å². The molecule has 2 rings (SSSR count). The van der Waals surface area contributed by atoms with Gasteiger partial charge in [0.05, 0.1) is 0 Å². The number of amides is 1. The van der Waals surface area contributed by atoms with Gasteiger partial charge in [0.1, 0.15) is 0 Å². The van der Waals surface area contributed by atoms with E-state index in [9.17, 15) is 4.79 Å². The molecule has 4 nitrogen and oxygen atoms in total. The second kappa shape index (κ2) is 5.98. The average molecular weight is 247 g/mol. The van der Waals surface area contributed by atoms with Crippen LogP contribution in [0, 0.1) is 0 Å². The van der Waals surface area contributed by atoms with Crippen molar-refractivity contribution in [3.05, 3.63) is 35.4 Å². The zero-order valence-electron chi connectivity index (χ0n) is 10.9. The molecule has 1 aliphatic rings. The van der Waals surface area contributed by atoms with Gasteiger partial charge in [-0.1, -0.05) is 18.2 Å². The Balaban J connectivity index is 1.92. The normalized spacial score (nSPS) is 17.8. The molecule has 0 unspecified atom stereocenters. The number of rotatable bonds is 4. The summed E-state index contributed by atoms with van der Waals surface area (Å²) in [4.78, 5) is 16.1. The van der Waals surface area contributed by atoms with Gasteiger partial charge in [0.2, 0.25) is 5.91 Å². The van der Waals surface area contributed by atoms with Gasteiger partial charge in [-0.25, -0.2) is 0 Å². The Hall–Kier alpha value is -1.39. The fourth-order valence-electron chi connectivity index (χ4n) is 2.33. The van der Waals surface area contributed by atoms with Crippen molar-refractivity contribution >= 4 is 5.91 Å². The maximum absolute atomic E-state index is 11.3. The highest BCUT2D eigenvalue weighted by atomic mass is 16.1. The van der Waals surface area contributed by atoms with E-state index in [0.717, 1.165) is 44.7 Å². The number of nitrogens with two attached hydrogens (primary N) is 1. The van der Waals surface area contributed by atoms with E-state index in [2.05, 4.69) is 16.8 Å². The van der Waals surface area contributed by atoms with E-state index in [4.69, 9.17) is 5.73 Å². The largest absolute Gasteiger partial charge is 0.366 e. The number of hydrogen-bond donors (Lipinski definition) is 1. The first kappa shape index (κ1) is 13.1. The van der Waals surface area contributed by atoms with Gasteiger partial charge < -0.3 is 15.5 Å². The van der Waals surface area contributed by atoms with Gasteiger partial charge in [0.25, 0.3) is 0 Å². The molecule has 0 spiro atoms. The van der Waals surface area contributed by atoms with Gasteiger partial charge in [0, 0.05) is 38.3 Å². The fraction of sp³-hybridized carbons (Fsp3) is 0.500. The number of primary amides is 1. The third-order valence-electron chi connectivity index (χ3n) is 3.58. The van der Waals surface area contributed by atoms with Gasteiger partial charge >= 0.3 is 0 Å². The molecular formula is C14H21N3O. The lowest BCUT2D eigenvalue weighted by atomic mass is 10.0. The van der Waals surface area contributed by atoms with Gasteiger partial charge in [-0.2, -0.15) is 0 Å². The van der Waals surface area contributed by atoms with E-state index in [-0.39, 0.29) is 5.91 Å². The van der Waals surface area contributed by atoms with Crippen LogP contribution in [0.2, 0.25) is 0 Å². The molecule has 1 heterocycles. The Labute approximate surface area is 108 Å². The second-order valence-electron chi connectivity index (χ2n) is 4.92. The van der Waals surface area contributed by atoms with E-state index < -0.39 is 0 Å². The number of carbonyl (C=O) groups excluding carboxylic acids is 1. The topological polar surface area (TPSA) is 49.6 Å². The van der Waals surface area contributed by atoms with Crippen molar-refractivity contribution in [3.63, 3.8) is 0 Å². The summed E-state index contributed by atoms with van der Waals surface area (Å²) in [5.41, 5.74) is 7.10. The van der Waals surface area contributed by atoms with Gasteiger partial charge in [-0.3, -0.25) is 4.79 Å². The van der Waals surface area contributed by atoms with Crippen molar-refractivity contribution in [2.45, 2.75) is 6.42 Å². The Morgan fingerprint density at radius 3 is 2.56 bits per heavy atom. The van der Waals surface area contributed by atoms with E-state index in [1.165, 1.54) is 0 Å². The van der Waals surface area contributed by atoms with Crippen molar-refractivity contribution < 1.29 is 4.79 Å². The molecule has 1 amide bonds. The first-order valence-corrected chi connectivity index (χ1v) is 6.45. The highest BCUT2D eigenvalue weighted by Gasteiger charge is 2.14. The van der Waals surface area contributed by atoms with Gasteiger partial charge in [-0.05, 0) is 25.1 Å². The minimum Gasteiger partial charge on any atom is -0.366 e. The molecule has 0 bridgehead atoms. The third kappa shape index (κ3) is 3.31. The predicted molar refractivity (Wildman–Crippen MR) is 72.6 cm³/mol. The quantitative estimate of drug-likeness (QED) is 0.846. The summed E-state index contributed by atoms with van der Waals surface area (Å²) in [5.74, 6) is -0.330. The smallest absolute Gasteiger partial charge is 0.248 e. The van der Waals surface area contributed by atoms with Crippen LogP contribution in [-0.4, -0.2) is 55.5 Å². The van der Waals surface area contributed by atoms with Crippen LogP contribution in [0.1, 0.15) is 15.9 Å². The van der Waals surface area contributed by atoms with Crippen LogP contribution in [0.5, 0.6) is 0 Å². The minimum absolute atomic E-state index is 0.330. The Morgan fingerprint density at radius 2 is 1.89 bits per heavy atom. The number of hydrogen-bond acceptors (Lipinski definition) is 3. The first-order chi connectivity index (χ1) is 8.66. The Kier molecular flexibility index (Phi) is 4.33. The van der Waals surface area contributed by atoms with Crippen LogP contribution in [-0.2, 0) is 6.42 Å². The standard InChI is InChI=1S/C14H21N3O/c1-16-8-10-17(11-9-16)7-6-12-4-2-3-5-13(12)14(15)18/h2-5H,6-11H2,1H3,(H2,15,18). The molecule has 0 atom stereocenters. The molecule has 1 fully saturated rings. The molecule has 1 aromatic rings. The summed E-state index contributed by atoms with van der Waals surface area (Å²) in [6, 6.07) is 7.63. The van der Waals surface area contributed by atoms with Crippen molar-refractivity contribution in [3.8, 4) is 0 Å². The number of carbonyl (C=O) groups is 1.